The molecule has 0 aliphatic rings. The van der Waals surface area contributed by atoms with Crippen molar-refractivity contribution in [1.29, 1.82) is 0 Å². The highest BCUT2D eigenvalue weighted by molar-refractivity contribution is 7.89. The van der Waals surface area contributed by atoms with Gasteiger partial charge in [-0.2, -0.15) is 4.72 Å². The first-order chi connectivity index (χ1) is 12.0. The molecule has 0 radical (unpaired) electrons. The van der Waals surface area contributed by atoms with Gasteiger partial charge >= 0.3 is 12.1 Å². The fraction of sp³-hybridized carbons (Fsp3) is 0.286. The van der Waals surface area contributed by atoms with Crippen LogP contribution in [-0.4, -0.2) is 38.3 Å². The number of primary amides is 2. The molecule has 142 valence electrons. The fourth-order valence-electron chi connectivity index (χ4n) is 1.90. The molecule has 0 fully saturated rings. The van der Waals surface area contributed by atoms with Gasteiger partial charge in [-0.1, -0.05) is 17.7 Å². The van der Waals surface area contributed by atoms with E-state index in [1.807, 2.05) is 0 Å². The topological polar surface area (TPSA) is 191 Å². The van der Waals surface area contributed by atoms with Crippen molar-refractivity contribution in [2.24, 2.45) is 11.5 Å². The molecule has 11 nitrogen and oxygen atoms in total. The summed E-state index contributed by atoms with van der Waals surface area (Å²) in [4.78, 5) is 44.8. The second kappa shape index (κ2) is 8.92. The van der Waals surface area contributed by atoms with E-state index in [4.69, 9.17) is 11.5 Å². The maximum absolute atomic E-state index is 12.4. The Labute approximate surface area is 149 Å². The van der Waals surface area contributed by atoms with Crippen LogP contribution in [0.15, 0.2) is 29.2 Å². The van der Waals surface area contributed by atoms with E-state index in [1.54, 1.807) is 29.7 Å². The van der Waals surface area contributed by atoms with Crippen molar-refractivity contribution in [3.8, 4) is 0 Å². The smallest absolute Gasteiger partial charge is 0.318 e. The van der Waals surface area contributed by atoms with Gasteiger partial charge in [-0.3, -0.25) is 20.2 Å². The van der Waals surface area contributed by atoms with Crippen LogP contribution in [0, 0.1) is 6.92 Å². The van der Waals surface area contributed by atoms with Gasteiger partial charge in [-0.15, -0.1) is 0 Å². The monoisotopic (exact) mass is 385 g/mol. The molecule has 0 aromatic heterocycles. The lowest BCUT2D eigenvalue weighted by Crippen LogP contribution is -2.50. The maximum atomic E-state index is 12.4. The molecule has 0 aliphatic heterocycles. The molecule has 26 heavy (non-hydrogen) atoms. The molecular weight excluding hydrogens is 366 g/mol. The van der Waals surface area contributed by atoms with Gasteiger partial charge in [0.2, 0.25) is 21.8 Å². The summed E-state index contributed by atoms with van der Waals surface area (Å²) < 4.78 is 26.9. The summed E-state index contributed by atoms with van der Waals surface area (Å²) in [6.45, 7) is 1.77. The van der Waals surface area contributed by atoms with Gasteiger partial charge in [-0.25, -0.2) is 18.0 Å². The molecule has 0 saturated heterocycles. The lowest BCUT2D eigenvalue weighted by molar-refractivity contribution is -0.122. The third kappa shape index (κ3) is 6.86. The van der Waals surface area contributed by atoms with Gasteiger partial charge in [0.1, 0.15) is 6.04 Å². The number of benzene rings is 1. The van der Waals surface area contributed by atoms with Crippen molar-refractivity contribution in [2.75, 3.05) is 0 Å². The fourth-order valence-corrected chi connectivity index (χ4v) is 3.13. The zero-order valence-electron chi connectivity index (χ0n) is 13.8. The molecule has 6 amide bonds. The number of aryl methyl sites for hydroxylation is 1. The number of carbonyl (C=O) groups excluding carboxylic acids is 4. The number of carbonyl (C=O) groups is 4. The molecule has 0 spiro atoms. The van der Waals surface area contributed by atoms with Crippen LogP contribution in [0.2, 0.25) is 0 Å². The molecule has 12 heteroatoms. The minimum atomic E-state index is -4.11. The van der Waals surface area contributed by atoms with Gasteiger partial charge in [0.05, 0.1) is 4.90 Å². The molecule has 0 saturated carbocycles. The number of nitrogens with one attached hydrogen (secondary N) is 3. The molecule has 1 aromatic rings. The number of amides is 6. The first-order valence-electron chi connectivity index (χ1n) is 7.30. The number of imide groups is 2. The second-order valence-corrected chi connectivity index (χ2v) is 7.01. The zero-order valence-corrected chi connectivity index (χ0v) is 14.6. The van der Waals surface area contributed by atoms with Gasteiger partial charge in [0, 0.05) is 6.42 Å². The Hall–Kier alpha value is -2.99. The van der Waals surface area contributed by atoms with Crippen LogP contribution in [0.1, 0.15) is 18.4 Å². The lowest BCUT2D eigenvalue weighted by atomic mass is 10.1. The molecule has 0 heterocycles. The number of urea groups is 2. The molecule has 1 rings (SSSR count). The first-order valence-corrected chi connectivity index (χ1v) is 8.78. The quantitative estimate of drug-likeness (QED) is 0.392. The largest absolute Gasteiger partial charge is 0.351 e. The summed E-state index contributed by atoms with van der Waals surface area (Å²) in [5.41, 5.74) is 10.5. The van der Waals surface area contributed by atoms with E-state index in [0.717, 1.165) is 5.56 Å². The number of sulfonamides is 1. The van der Waals surface area contributed by atoms with Crippen molar-refractivity contribution in [3.63, 3.8) is 0 Å². The van der Waals surface area contributed by atoms with Crippen LogP contribution in [0.25, 0.3) is 0 Å². The Balaban J connectivity index is 2.94. The van der Waals surface area contributed by atoms with Crippen LogP contribution in [-0.2, 0) is 19.6 Å². The van der Waals surface area contributed by atoms with Crippen LogP contribution in [0.4, 0.5) is 9.59 Å². The van der Waals surface area contributed by atoms with Gasteiger partial charge < -0.3 is 11.5 Å². The molecule has 7 N–H and O–H groups in total. The zero-order chi connectivity index (χ0) is 19.9. The van der Waals surface area contributed by atoms with E-state index in [1.165, 1.54) is 12.1 Å². The minimum absolute atomic E-state index is 0.110. The molecule has 1 atom stereocenters. The highest BCUT2D eigenvalue weighted by Crippen LogP contribution is 2.12. The van der Waals surface area contributed by atoms with Crippen molar-refractivity contribution >= 4 is 33.9 Å². The van der Waals surface area contributed by atoms with Crippen LogP contribution < -0.4 is 26.8 Å². The molecule has 1 aromatic carbocycles. The van der Waals surface area contributed by atoms with Crippen molar-refractivity contribution in [3.05, 3.63) is 29.8 Å². The Morgan fingerprint density at radius 2 is 1.54 bits per heavy atom. The number of hydrogen-bond donors (Lipinski definition) is 5. The van der Waals surface area contributed by atoms with E-state index >= 15 is 0 Å². The lowest BCUT2D eigenvalue weighted by Gasteiger charge is -2.17. The number of nitrogens with two attached hydrogens (primary N) is 2. The highest BCUT2D eigenvalue weighted by Gasteiger charge is 2.27. The average Bonchev–Trinajstić information content (AvgIpc) is 2.50. The van der Waals surface area contributed by atoms with Crippen LogP contribution in [0.5, 0.6) is 0 Å². The maximum Gasteiger partial charge on any atom is 0.318 e. The summed E-state index contributed by atoms with van der Waals surface area (Å²) in [6, 6.07) is 2.04. The van der Waals surface area contributed by atoms with E-state index in [2.05, 4.69) is 4.72 Å². The second-order valence-electron chi connectivity index (χ2n) is 5.29. The molecule has 1 unspecified atom stereocenters. The van der Waals surface area contributed by atoms with Gasteiger partial charge in [0.15, 0.2) is 0 Å². The average molecular weight is 385 g/mol. The van der Waals surface area contributed by atoms with E-state index < -0.39 is 46.4 Å². The summed E-state index contributed by atoms with van der Waals surface area (Å²) in [5.74, 6) is -1.86. The van der Waals surface area contributed by atoms with E-state index in [9.17, 15) is 27.6 Å². The van der Waals surface area contributed by atoms with E-state index in [-0.39, 0.29) is 11.3 Å². The Kier molecular flexibility index (Phi) is 7.22. The van der Waals surface area contributed by atoms with Crippen LogP contribution in [0.3, 0.4) is 0 Å². The van der Waals surface area contributed by atoms with Crippen molar-refractivity contribution in [1.82, 2.24) is 15.4 Å². The summed E-state index contributed by atoms with van der Waals surface area (Å²) in [5, 5.41) is 3.52. The third-order valence-electron chi connectivity index (χ3n) is 3.11. The summed E-state index contributed by atoms with van der Waals surface area (Å²) in [7, 11) is -4.11. The number of hydrogen-bond acceptors (Lipinski definition) is 6. The van der Waals surface area contributed by atoms with Gasteiger partial charge in [0.25, 0.3) is 0 Å². The highest BCUT2D eigenvalue weighted by atomic mass is 32.2. The Morgan fingerprint density at radius 3 is 2.04 bits per heavy atom. The normalized spacial score (nSPS) is 12.0. The first kappa shape index (κ1) is 21.1. The minimum Gasteiger partial charge on any atom is -0.351 e. The third-order valence-corrected chi connectivity index (χ3v) is 4.60. The van der Waals surface area contributed by atoms with Crippen LogP contribution >= 0.6 is 0 Å². The standard InChI is InChI=1S/C14H19N5O6S/c1-8-2-4-9(5-3-8)26(24,25)19-10(12(21)18-14(16)23)6-7-11(20)17-13(15)22/h2-5,10,19H,6-7H2,1H3,(H3,15,17,20,22)(H3,16,18,21,23). The van der Waals surface area contributed by atoms with Gasteiger partial charge in [-0.05, 0) is 25.5 Å². The Bertz CT molecular complexity index is 806. The summed E-state index contributed by atoms with van der Waals surface area (Å²) in [6.07, 6.45) is -0.750. The predicted molar refractivity (Wildman–Crippen MR) is 90.0 cm³/mol. The SMILES string of the molecule is Cc1ccc(S(=O)(=O)NC(CCC(=O)NC(N)=O)C(=O)NC(N)=O)cc1. The number of rotatable bonds is 7. The Morgan fingerprint density at radius 1 is 1.00 bits per heavy atom. The van der Waals surface area contributed by atoms with Crippen molar-refractivity contribution < 1.29 is 27.6 Å². The van der Waals surface area contributed by atoms with E-state index in [0.29, 0.717) is 0 Å². The predicted octanol–water partition coefficient (Wildman–Crippen LogP) is -1.19. The molecular formula is C14H19N5O6S. The molecule has 0 bridgehead atoms. The molecule has 0 aliphatic carbocycles. The van der Waals surface area contributed by atoms with Crippen molar-refractivity contribution in [2.45, 2.75) is 30.7 Å². The summed E-state index contributed by atoms with van der Waals surface area (Å²) >= 11 is 0.